The minimum atomic E-state index is -0.615. The Balaban J connectivity index is 1.56. The highest BCUT2D eigenvalue weighted by Gasteiger charge is 2.16. The van der Waals surface area contributed by atoms with Crippen LogP contribution in [0.3, 0.4) is 0 Å². The second-order valence-corrected chi connectivity index (χ2v) is 7.12. The number of aromatic nitrogens is 1. The normalized spacial score (nSPS) is 10.4. The maximum atomic E-state index is 12.6. The van der Waals surface area contributed by atoms with Crippen LogP contribution in [0.5, 0.6) is 11.5 Å². The lowest BCUT2D eigenvalue weighted by Crippen LogP contribution is -2.33. The average Bonchev–Trinajstić information content (AvgIpc) is 3.13. The van der Waals surface area contributed by atoms with Crippen LogP contribution in [0.25, 0.3) is 0 Å². The molecule has 0 atom stereocenters. The molecule has 3 rings (SSSR count). The summed E-state index contributed by atoms with van der Waals surface area (Å²) in [6.07, 6.45) is 0.00888. The number of para-hydroxylation sites is 2. The number of nitrogens with one attached hydrogen (secondary N) is 2. The van der Waals surface area contributed by atoms with E-state index < -0.39 is 5.97 Å². The van der Waals surface area contributed by atoms with Gasteiger partial charge in [-0.1, -0.05) is 42.0 Å². The molecule has 0 saturated carbocycles. The minimum absolute atomic E-state index is 0.00888. The number of aryl methyl sites for hydroxylation is 2. The fraction of sp³-hybridized carbons (Fsp3) is 0.208. The van der Waals surface area contributed by atoms with Crippen LogP contribution in [0.1, 0.15) is 32.9 Å². The molecule has 1 amide bonds. The molecule has 0 saturated heterocycles. The Morgan fingerprint density at radius 1 is 0.968 bits per heavy atom. The van der Waals surface area contributed by atoms with Crippen LogP contribution < -0.4 is 14.8 Å². The number of amides is 1. The maximum absolute atomic E-state index is 12.6. The van der Waals surface area contributed by atoms with Gasteiger partial charge < -0.3 is 19.8 Å². The van der Waals surface area contributed by atoms with E-state index in [1.807, 2.05) is 26.0 Å². The lowest BCUT2D eigenvalue weighted by molar-refractivity contribution is -0.135. The molecule has 7 heteroatoms. The Bertz CT molecular complexity index is 1100. The molecule has 0 aliphatic carbocycles. The van der Waals surface area contributed by atoms with Crippen molar-refractivity contribution >= 4 is 17.7 Å². The van der Waals surface area contributed by atoms with Crippen molar-refractivity contribution in [2.45, 2.75) is 20.3 Å². The predicted octanol–water partition coefficient (Wildman–Crippen LogP) is 3.14. The van der Waals surface area contributed by atoms with E-state index in [0.717, 1.165) is 11.1 Å². The van der Waals surface area contributed by atoms with Gasteiger partial charge in [-0.15, -0.1) is 0 Å². The maximum Gasteiger partial charge on any atom is 0.330 e. The summed E-state index contributed by atoms with van der Waals surface area (Å²) >= 11 is 0. The molecule has 0 unspecified atom stereocenters. The van der Waals surface area contributed by atoms with E-state index in [2.05, 4.69) is 10.3 Å². The number of rotatable bonds is 8. The topological polar surface area (TPSA) is 97.5 Å². The van der Waals surface area contributed by atoms with Crippen LogP contribution in [-0.4, -0.2) is 36.3 Å². The quantitative estimate of drug-likeness (QED) is 0.332. The molecule has 2 N–H and O–H groups in total. The van der Waals surface area contributed by atoms with E-state index in [1.165, 1.54) is 7.11 Å². The van der Waals surface area contributed by atoms with E-state index in [-0.39, 0.29) is 30.4 Å². The summed E-state index contributed by atoms with van der Waals surface area (Å²) < 4.78 is 10.3. The summed E-state index contributed by atoms with van der Waals surface area (Å²) in [5, 5.41) is 2.53. The highest BCUT2D eigenvalue weighted by atomic mass is 16.6. The highest BCUT2D eigenvalue weighted by molar-refractivity contribution is 6.08. The summed E-state index contributed by atoms with van der Waals surface area (Å²) in [5.41, 5.74) is 3.47. The molecule has 0 spiro atoms. The number of H-pyrrole nitrogens is 1. The molecular formula is C24H24N2O5. The van der Waals surface area contributed by atoms with Crippen molar-refractivity contribution in [3.8, 4) is 11.5 Å². The summed E-state index contributed by atoms with van der Waals surface area (Å²) in [5.74, 6) is -0.415. The first-order valence-corrected chi connectivity index (χ1v) is 9.77. The van der Waals surface area contributed by atoms with Crippen molar-refractivity contribution in [3.05, 3.63) is 82.7 Å². The molecule has 0 radical (unpaired) electrons. The van der Waals surface area contributed by atoms with Gasteiger partial charge >= 0.3 is 5.97 Å². The Kier molecular flexibility index (Phi) is 6.87. The first kappa shape index (κ1) is 21.8. The number of hydrogen-bond acceptors (Lipinski definition) is 5. The lowest BCUT2D eigenvalue weighted by atomic mass is 10.1. The molecule has 0 aliphatic rings. The third kappa shape index (κ3) is 5.60. The number of hydrogen-bond donors (Lipinski definition) is 2. The van der Waals surface area contributed by atoms with Crippen molar-refractivity contribution in [3.63, 3.8) is 0 Å². The van der Waals surface area contributed by atoms with Gasteiger partial charge in [-0.3, -0.25) is 9.59 Å². The molecule has 0 fully saturated rings. The van der Waals surface area contributed by atoms with Crippen LogP contribution in [0, 0.1) is 13.8 Å². The van der Waals surface area contributed by atoms with Crippen LogP contribution in [0.4, 0.5) is 0 Å². The van der Waals surface area contributed by atoms with E-state index in [1.54, 1.807) is 42.5 Å². The van der Waals surface area contributed by atoms with Gasteiger partial charge in [0.25, 0.3) is 0 Å². The van der Waals surface area contributed by atoms with Gasteiger partial charge in [-0.05, 0) is 37.6 Å². The molecular weight excluding hydrogens is 396 g/mol. The van der Waals surface area contributed by atoms with Gasteiger partial charge in [0.05, 0.1) is 19.2 Å². The molecule has 7 nitrogen and oxygen atoms in total. The Morgan fingerprint density at radius 2 is 1.65 bits per heavy atom. The summed E-state index contributed by atoms with van der Waals surface area (Å²) in [4.78, 5) is 40.0. The van der Waals surface area contributed by atoms with E-state index >= 15 is 0 Å². The number of esters is 1. The van der Waals surface area contributed by atoms with Crippen molar-refractivity contribution in [2.75, 3.05) is 13.7 Å². The zero-order valence-corrected chi connectivity index (χ0v) is 17.7. The second-order valence-electron chi connectivity index (χ2n) is 7.12. The number of methoxy groups -OCH3 is 1. The second kappa shape index (κ2) is 9.75. The first-order valence-electron chi connectivity index (χ1n) is 9.77. The van der Waals surface area contributed by atoms with Gasteiger partial charge in [-0.2, -0.15) is 0 Å². The van der Waals surface area contributed by atoms with Crippen molar-refractivity contribution in [1.29, 1.82) is 0 Å². The number of aromatic amines is 1. The molecule has 1 heterocycles. The standard InChI is InChI=1S/C24H24N2O5/c1-15-8-10-17(11-9-15)24(29)19-12-16(2)18(26-19)13-22(27)25-14-23(28)31-21-7-5-4-6-20(21)30-3/h4-12,26H,13-14H2,1-3H3,(H,25,27). The molecule has 160 valence electrons. The zero-order valence-electron chi connectivity index (χ0n) is 17.7. The van der Waals surface area contributed by atoms with E-state index in [9.17, 15) is 14.4 Å². The number of ketones is 1. The molecule has 2 aromatic carbocycles. The smallest absolute Gasteiger partial charge is 0.330 e. The Labute approximate surface area is 180 Å². The van der Waals surface area contributed by atoms with Crippen molar-refractivity contribution < 1.29 is 23.9 Å². The highest BCUT2D eigenvalue weighted by Crippen LogP contribution is 2.25. The SMILES string of the molecule is COc1ccccc1OC(=O)CNC(=O)Cc1[nH]c(C(=O)c2ccc(C)cc2)cc1C. The monoisotopic (exact) mass is 420 g/mol. The number of carbonyl (C=O) groups excluding carboxylic acids is 3. The first-order chi connectivity index (χ1) is 14.9. The summed E-state index contributed by atoms with van der Waals surface area (Å²) in [6.45, 7) is 3.49. The molecule has 31 heavy (non-hydrogen) atoms. The Hall–Kier alpha value is -3.87. The van der Waals surface area contributed by atoms with Crippen LogP contribution >= 0.6 is 0 Å². The summed E-state index contributed by atoms with van der Waals surface area (Å²) in [6, 6.07) is 15.8. The van der Waals surface area contributed by atoms with Gasteiger partial charge in [0, 0.05) is 11.3 Å². The third-order valence-electron chi connectivity index (χ3n) is 4.74. The van der Waals surface area contributed by atoms with Crippen molar-refractivity contribution in [2.24, 2.45) is 0 Å². The van der Waals surface area contributed by atoms with Crippen LogP contribution in [-0.2, 0) is 16.0 Å². The fourth-order valence-electron chi connectivity index (χ4n) is 3.02. The average molecular weight is 420 g/mol. The molecule has 0 bridgehead atoms. The van der Waals surface area contributed by atoms with Gasteiger partial charge in [0.2, 0.25) is 11.7 Å². The van der Waals surface area contributed by atoms with E-state index in [0.29, 0.717) is 22.7 Å². The number of benzene rings is 2. The van der Waals surface area contributed by atoms with Gasteiger partial charge in [0.1, 0.15) is 6.54 Å². The molecule has 0 aliphatic heterocycles. The lowest BCUT2D eigenvalue weighted by Gasteiger charge is -2.09. The number of carbonyl (C=O) groups is 3. The van der Waals surface area contributed by atoms with Gasteiger partial charge in [0.15, 0.2) is 11.5 Å². The van der Waals surface area contributed by atoms with Gasteiger partial charge in [-0.25, -0.2) is 4.79 Å². The van der Waals surface area contributed by atoms with Crippen LogP contribution in [0.2, 0.25) is 0 Å². The van der Waals surface area contributed by atoms with Crippen molar-refractivity contribution in [1.82, 2.24) is 10.3 Å². The predicted molar refractivity (Wildman–Crippen MR) is 115 cm³/mol. The fourth-order valence-corrected chi connectivity index (χ4v) is 3.02. The number of ether oxygens (including phenoxy) is 2. The van der Waals surface area contributed by atoms with Crippen LogP contribution in [0.15, 0.2) is 54.6 Å². The zero-order chi connectivity index (χ0) is 22.4. The minimum Gasteiger partial charge on any atom is -0.493 e. The Morgan fingerprint density at radius 3 is 2.32 bits per heavy atom. The summed E-state index contributed by atoms with van der Waals surface area (Å²) in [7, 11) is 1.48. The van der Waals surface area contributed by atoms with E-state index in [4.69, 9.17) is 9.47 Å². The third-order valence-corrected chi connectivity index (χ3v) is 4.74. The molecule has 1 aromatic heterocycles. The molecule has 3 aromatic rings. The largest absolute Gasteiger partial charge is 0.493 e.